The number of nitrogens with one attached hydrogen (secondary N) is 1. The van der Waals surface area contributed by atoms with Crippen molar-refractivity contribution < 1.29 is 9.84 Å². The standard InChI is InChI=1S/C15H30N2O2/c1-12(17-8-4-5-14(10-17)19-3)9-15(2,11-18)16-13-6-7-13/h12-14,16,18H,4-11H2,1-3H3. The molecule has 2 fully saturated rings. The maximum atomic E-state index is 9.70. The van der Waals surface area contributed by atoms with Gasteiger partial charge < -0.3 is 15.2 Å². The van der Waals surface area contributed by atoms with Crippen molar-refractivity contribution in [3.63, 3.8) is 0 Å². The predicted octanol–water partition coefficient (Wildman–Crippen LogP) is 1.38. The van der Waals surface area contributed by atoms with Gasteiger partial charge in [-0.3, -0.25) is 4.90 Å². The van der Waals surface area contributed by atoms with E-state index in [4.69, 9.17) is 4.74 Å². The lowest BCUT2D eigenvalue weighted by molar-refractivity contribution is 0.00838. The van der Waals surface area contributed by atoms with E-state index in [-0.39, 0.29) is 12.1 Å². The molecule has 0 spiro atoms. The van der Waals surface area contributed by atoms with E-state index < -0.39 is 0 Å². The molecule has 1 heterocycles. The monoisotopic (exact) mass is 270 g/mol. The van der Waals surface area contributed by atoms with Gasteiger partial charge in [0.15, 0.2) is 0 Å². The van der Waals surface area contributed by atoms with Crippen LogP contribution in [0.5, 0.6) is 0 Å². The van der Waals surface area contributed by atoms with Crippen LogP contribution in [0.4, 0.5) is 0 Å². The van der Waals surface area contributed by atoms with Crippen molar-refractivity contribution >= 4 is 0 Å². The molecule has 0 bridgehead atoms. The largest absolute Gasteiger partial charge is 0.394 e. The van der Waals surface area contributed by atoms with E-state index in [9.17, 15) is 5.11 Å². The number of rotatable bonds is 7. The van der Waals surface area contributed by atoms with E-state index in [0.717, 1.165) is 19.5 Å². The van der Waals surface area contributed by atoms with Crippen LogP contribution in [-0.2, 0) is 4.74 Å². The Kier molecular flexibility index (Phi) is 5.23. The van der Waals surface area contributed by atoms with E-state index in [1.54, 1.807) is 0 Å². The highest BCUT2D eigenvalue weighted by Crippen LogP contribution is 2.26. The van der Waals surface area contributed by atoms with E-state index in [2.05, 4.69) is 24.1 Å². The molecular weight excluding hydrogens is 240 g/mol. The molecular formula is C15H30N2O2. The van der Waals surface area contributed by atoms with Crippen molar-refractivity contribution in [1.82, 2.24) is 10.2 Å². The molecule has 1 aliphatic heterocycles. The summed E-state index contributed by atoms with van der Waals surface area (Å²) in [6.45, 7) is 6.84. The van der Waals surface area contributed by atoms with Gasteiger partial charge in [0.25, 0.3) is 0 Å². The topological polar surface area (TPSA) is 44.7 Å². The first-order valence-corrected chi connectivity index (χ1v) is 7.72. The maximum absolute atomic E-state index is 9.70. The molecule has 0 aromatic carbocycles. The highest BCUT2D eigenvalue weighted by Gasteiger charge is 2.35. The molecule has 0 aromatic heterocycles. The fourth-order valence-electron chi connectivity index (χ4n) is 3.23. The van der Waals surface area contributed by atoms with Crippen LogP contribution in [-0.4, -0.2) is 60.5 Å². The minimum atomic E-state index is -0.138. The third-order valence-electron chi connectivity index (χ3n) is 4.59. The molecule has 3 unspecified atom stereocenters. The SMILES string of the molecule is COC1CCCN(C(C)CC(C)(CO)NC2CC2)C1. The number of aliphatic hydroxyl groups is 1. The molecule has 3 atom stereocenters. The molecule has 1 saturated heterocycles. The molecule has 4 heteroatoms. The average molecular weight is 270 g/mol. The van der Waals surface area contributed by atoms with Crippen LogP contribution >= 0.6 is 0 Å². The van der Waals surface area contributed by atoms with Crippen LogP contribution in [0.25, 0.3) is 0 Å². The first-order valence-electron chi connectivity index (χ1n) is 7.72. The summed E-state index contributed by atoms with van der Waals surface area (Å²) >= 11 is 0. The molecule has 0 radical (unpaired) electrons. The number of likely N-dealkylation sites (tertiary alicyclic amines) is 1. The van der Waals surface area contributed by atoms with Gasteiger partial charge in [0, 0.05) is 31.3 Å². The van der Waals surface area contributed by atoms with Gasteiger partial charge in [-0.15, -0.1) is 0 Å². The smallest absolute Gasteiger partial charge is 0.0698 e. The molecule has 112 valence electrons. The van der Waals surface area contributed by atoms with Crippen LogP contribution in [0.15, 0.2) is 0 Å². The Balaban J connectivity index is 1.85. The number of ether oxygens (including phenoxy) is 1. The number of aliphatic hydroxyl groups excluding tert-OH is 1. The van der Waals surface area contributed by atoms with Crippen LogP contribution < -0.4 is 5.32 Å². The van der Waals surface area contributed by atoms with Gasteiger partial charge in [0.1, 0.15) is 0 Å². The van der Waals surface area contributed by atoms with E-state index in [1.807, 2.05) is 7.11 Å². The van der Waals surface area contributed by atoms with Crippen LogP contribution in [0.2, 0.25) is 0 Å². The highest BCUT2D eigenvalue weighted by molar-refractivity contribution is 4.95. The predicted molar refractivity (Wildman–Crippen MR) is 77.3 cm³/mol. The van der Waals surface area contributed by atoms with Gasteiger partial charge >= 0.3 is 0 Å². The van der Waals surface area contributed by atoms with Gasteiger partial charge in [-0.25, -0.2) is 0 Å². The minimum Gasteiger partial charge on any atom is -0.394 e. The number of nitrogens with zero attached hydrogens (tertiary/aromatic N) is 1. The first kappa shape index (κ1) is 15.2. The highest BCUT2D eigenvalue weighted by atomic mass is 16.5. The first-order chi connectivity index (χ1) is 9.06. The number of hydrogen-bond donors (Lipinski definition) is 2. The number of hydrogen-bond acceptors (Lipinski definition) is 4. The Morgan fingerprint density at radius 3 is 2.74 bits per heavy atom. The second-order valence-electron chi connectivity index (χ2n) is 6.69. The summed E-state index contributed by atoms with van der Waals surface area (Å²) in [7, 11) is 1.81. The molecule has 2 aliphatic rings. The van der Waals surface area contributed by atoms with E-state index in [0.29, 0.717) is 18.2 Å². The van der Waals surface area contributed by atoms with Crippen molar-refractivity contribution in [1.29, 1.82) is 0 Å². The minimum absolute atomic E-state index is 0.138. The molecule has 1 saturated carbocycles. The van der Waals surface area contributed by atoms with Crippen LogP contribution in [0.1, 0.15) is 46.0 Å². The zero-order valence-electron chi connectivity index (χ0n) is 12.7. The van der Waals surface area contributed by atoms with Gasteiger partial charge in [0.2, 0.25) is 0 Å². The summed E-state index contributed by atoms with van der Waals surface area (Å²) in [4.78, 5) is 2.51. The zero-order valence-corrected chi connectivity index (χ0v) is 12.7. The molecule has 4 nitrogen and oxygen atoms in total. The lowest BCUT2D eigenvalue weighted by atomic mass is 9.92. The zero-order chi connectivity index (χ0) is 13.9. The fraction of sp³-hybridized carbons (Fsp3) is 1.00. The second-order valence-corrected chi connectivity index (χ2v) is 6.69. The van der Waals surface area contributed by atoms with E-state index >= 15 is 0 Å². The normalized spacial score (nSPS) is 30.0. The fourth-order valence-corrected chi connectivity index (χ4v) is 3.23. The second kappa shape index (κ2) is 6.53. The van der Waals surface area contributed by atoms with Gasteiger partial charge in [0.05, 0.1) is 12.7 Å². The molecule has 1 aliphatic carbocycles. The number of piperidine rings is 1. The summed E-state index contributed by atoms with van der Waals surface area (Å²) in [5.74, 6) is 0. The van der Waals surface area contributed by atoms with Crippen molar-refractivity contribution in [2.24, 2.45) is 0 Å². The van der Waals surface area contributed by atoms with Crippen molar-refractivity contribution in [3.8, 4) is 0 Å². The van der Waals surface area contributed by atoms with Crippen molar-refractivity contribution in [2.45, 2.75) is 69.7 Å². The summed E-state index contributed by atoms with van der Waals surface area (Å²) in [6, 6.07) is 1.12. The molecule has 19 heavy (non-hydrogen) atoms. The molecule has 2 N–H and O–H groups in total. The van der Waals surface area contributed by atoms with Gasteiger partial charge in [-0.05, 0) is 52.5 Å². The van der Waals surface area contributed by atoms with Gasteiger partial charge in [-0.2, -0.15) is 0 Å². The third-order valence-corrected chi connectivity index (χ3v) is 4.59. The van der Waals surface area contributed by atoms with Crippen molar-refractivity contribution in [3.05, 3.63) is 0 Å². The lowest BCUT2D eigenvalue weighted by Gasteiger charge is -2.40. The van der Waals surface area contributed by atoms with Crippen LogP contribution in [0.3, 0.4) is 0 Å². The Bertz CT molecular complexity index is 283. The quantitative estimate of drug-likeness (QED) is 0.733. The summed E-state index contributed by atoms with van der Waals surface area (Å²) in [5.41, 5.74) is -0.138. The Morgan fingerprint density at radius 1 is 1.42 bits per heavy atom. The molecule has 2 rings (SSSR count). The Hall–Kier alpha value is -0.160. The molecule has 0 aromatic rings. The average Bonchev–Trinajstić information content (AvgIpc) is 3.22. The van der Waals surface area contributed by atoms with Crippen LogP contribution in [0, 0.1) is 0 Å². The Morgan fingerprint density at radius 2 is 2.16 bits per heavy atom. The molecule has 0 amide bonds. The third kappa shape index (κ3) is 4.42. The van der Waals surface area contributed by atoms with Crippen molar-refractivity contribution in [2.75, 3.05) is 26.8 Å². The lowest BCUT2D eigenvalue weighted by Crippen LogP contribution is -2.53. The summed E-state index contributed by atoms with van der Waals surface area (Å²) < 4.78 is 5.50. The number of methoxy groups -OCH3 is 1. The Labute approximate surface area is 117 Å². The summed E-state index contributed by atoms with van der Waals surface area (Å²) in [5, 5.41) is 13.3. The summed E-state index contributed by atoms with van der Waals surface area (Å²) in [6.07, 6.45) is 6.30. The van der Waals surface area contributed by atoms with E-state index in [1.165, 1.54) is 25.7 Å². The maximum Gasteiger partial charge on any atom is 0.0698 e. The van der Waals surface area contributed by atoms with Gasteiger partial charge in [-0.1, -0.05) is 0 Å².